The van der Waals surface area contributed by atoms with E-state index in [-0.39, 0.29) is 0 Å². The smallest absolute Gasteiger partial charge is 0.249 e. The zero-order valence-electron chi connectivity index (χ0n) is 11.1. The van der Waals surface area contributed by atoms with Gasteiger partial charge in [-0.1, -0.05) is 12.1 Å². The van der Waals surface area contributed by atoms with Gasteiger partial charge < -0.3 is 14.2 Å². The molecule has 108 valence electrons. The van der Waals surface area contributed by atoms with Crippen LogP contribution >= 0.6 is 31.9 Å². The lowest BCUT2D eigenvalue weighted by Crippen LogP contribution is -1.99. The van der Waals surface area contributed by atoms with Crippen LogP contribution in [0.15, 0.2) is 48.3 Å². The summed E-state index contributed by atoms with van der Waals surface area (Å²) >= 11 is 6.72. The van der Waals surface area contributed by atoms with E-state index in [1.165, 1.54) is 0 Å². The summed E-state index contributed by atoms with van der Waals surface area (Å²) in [4.78, 5) is 0. The fourth-order valence-corrected chi connectivity index (χ4v) is 2.55. The van der Waals surface area contributed by atoms with Crippen LogP contribution < -0.4 is 5.32 Å². The number of aryl methyl sites for hydroxylation is 1. The van der Waals surface area contributed by atoms with E-state index >= 15 is 0 Å². The van der Waals surface area contributed by atoms with Crippen molar-refractivity contribution >= 4 is 37.5 Å². The third-order valence-corrected chi connectivity index (χ3v) is 4.54. The molecule has 0 saturated heterocycles. The highest BCUT2D eigenvalue weighted by atomic mass is 79.9. The van der Waals surface area contributed by atoms with Crippen molar-refractivity contribution in [1.82, 2.24) is 10.2 Å². The van der Waals surface area contributed by atoms with Crippen LogP contribution in [-0.4, -0.2) is 10.2 Å². The Morgan fingerprint density at radius 2 is 1.95 bits per heavy atom. The highest BCUT2D eigenvalue weighted by Crippen LogP contribution is 2.29. The van der Waals surface area contributed by atoms with Crippen LogP contribution in [-0.2, 0) is 6.54 Å². The van der Waals surface area contributed by atoms with Gasteiger partial charge in [-0.3, -0.25) is 0 Å². The van der Waals surface area contributed by atoms with E-state index in [1.807, 2.05) is 30.3 Å². The number of halogens is 2. The Morgan fingerprint density at radius 3 is 2.62 bits per heavy atom. The molecule has 0 spiro atoms. The summed E-state index contributed by atoms with van der Waals surface area (Å²) in [5, 5.41) is 11.2. The number of furan rings is 1. The molecule has 0 atom stereocenters. The number of benzene rings is 1. The molecule has 1 aromatic carbocycles. The number of anilines is 1. The van der Waals surface area contributed by atoms with Crippen LogP contribution in [0.25, 0.3) is 11.5 Å². The molecule has 5 nitrogen and oxygen atoms in total. The SMILES string of the molecule is Cc1nnc(-c2ccccc2NCc2cc(Br)c(Br)o2)o1. The summed E-state index contributed by atoms with van der Waals surface area (Å²) in [5.41, 5.74) is 1.77. The largest absolute Gasteiger partial charge is 0.451 e. The molecule has 21 heavy (non-hydrogen) atoms. The van der Waals surface area contributed by atoms with Crippen LogP contribution in [0.3, 0.4) is 0 Å². The average molecular weight is 413 g/mol. The van der Waals surface area contributed by atoms with Crippen LogP contribution in [0.2, 0.25) is 0 Å². The molecule has 0 aliphatic heterocycles. The Labute approximate surface area is 138 Å². The predicted molar refractivity (Wildman–Crippen MR) is 85.9 cm³/mol. The maximum absolute atomic E-state index is 5.54. The summed E-state index contributed by atoms with van der Waals surface area (Å²) in [6.45, 7) is 2.32. The molecule has 0 saturated carbocycles. The van der Waals surface area contributed by atoms with Gasteiger partial charge in [-0.05, 0) is 50.1 Å². The summed E-state index contributed by atoms with van der Waals surface area (Å²) < 4.78 is 12.6. The molecule has 2 heterocycles. The van der Waals surface area contributed by atoms with Gasteiger partial charge in [0.1, 0.15) is 5.76 Å². The lowest BCUT2D eigenvalue weighted by Gasteiger charge is -2.08. The maximum Gasteiger partial charge on any atom is 0.249 e. The molecule has 0 radical (unpaired) electrons. The number of nitrogens with one attached hydrogen (secondary N) is 1. The van der Waals surface area contributed by atoms with Crippen LogP contribution in [0.1, 0.15) is 11.7 Å². The van der Waals surface area contributed by atoms with E-state index in [1.54, 1.807) is 6.92 Å². The standard InChI is InChI=1S/C14H11Br2N3O2/c1-8-18-19-14(20-8)10-4-2-3-5-12(10)17-7-9-6-11(15)13(16)21-9/h2-6,17H,7H2,1H3. The summed E-state index contributed by atoms with van der Waals surface area (Å²) in [6.07, 6.45) is 0. The lowest BCUT2D eigenvalue weighted by atomic mass is 10.1. The van der Waals surface area contributed by atoms with Crippen molar-refractivity contribution in [3.05, 3.63) is 51.1 Å². The molecular weight excluding hydrogens is 402 g/mol. The number of hydrogen-bond donors (Lipinski definition) is 1. The van der Waals surface area contributed by atoms with Gasteiger partial charge in [-0.25, -0.2) is 0 Å². The van der Waals surface area contributed by atoms with Crippen molar-refractivity contribution in [3.8, 4) is 11.5 Å². The van der Waals surface area contributed by atoms with E-state index in [0.717, 1.165) is 21.5 Å². The van der Waals surface area contributed by atoms with Gasteiger partial charge in [0.2, 0.25) is 11.8 Å². The number of rotatable bonds is 4. The minimum Gasteiger partial charge on any atom is -0.451 e. The van der Waals surface area contributed by atoms with E-state index in [2.05, 4.69) is 47.4 Å². The average Bonchev–Trinajstić information content (AvgIpc) is 3.04. The summed E-state index contributed by atoms with van der Waals surface area (Å²) in [5.74, 6) is 1.85. The molecule has 0 aliphatic rings. The normalized spacial score (nSPS) is 10.8. The topological polar surface area (TPSA) is 64.1 Å². The second-order valence-electron chi connectivity index (χ2n) is 4.36. The first kappa shape index (κ1) is 14.3. The minimum absolute atomic E-state index is 0.498. The van der Waals surface area contributed by atoms with Crippen molar-refractivity contribution in [3.63, 3.8) is 0 Å². The number of aromatic nitrogens is 2. The highest BCUT2D eigenvalue weighted by Gasteiger charge is 2.12. The van der Waals surface area contributed by atoms with Crippen LogP contribution in [0.5, 0.6) is 0 Å². The van der Waals surface area contributed by atoms with E-state index < -0.39 is 0 Å². The van der Waals surface area contributed by atoms with Gasteiger partial charge in [0, 0.05) is 12.6 Å². The third-order valence-electron chi connectivity index (χ3n) is 2.83. The van der Waals surface area contributed by atoms with Gasteiger partial charge in [-0.15, -0.1) is 10.2 Å². The Kier molecular flexibility index (Phi) is 4.12. The van der Waals surface area contributed by atoms with Crippen LogP contribution in [0.4, 0.5) is 5.69 Å². The quantitative estimate of drug-likeness (QED) is 0.668. The lowest BCUT2D eigenvalue weighted by molar-refractivity contribution is 0.494. The zero-order valence-corrected chi connectivity index (χ0v) is 14.2. The van der Waals surface area contributed by atoms with Gasteiger partial charge in [0.25, 0.3) is 0 Å². The number of nitrogens with zero attached hydrogens (tertiary/aromatic N) is 2. The maximum atomic E-state index is 5.54. The Balaban J connectivity index is 1.82. The van der Waals surface area contributed by atoms with Gasteiger partial charge >= 0.3 is 0 Å². The molecule has 3 rings (SSSR count). The molecular formula is C14H11Br2N3O2. The molecule has 0 bridgehead atoms. The molecule has 0 fully saturated rings. The van der Waals surface area contributed by atoms with Crippen molar-refractivity contribution in [2.75, 3.05) is 5.32 Å². The van der Waals surface area contributed by atoms with E-state index in [0.29, 0.717) is 23.0 Å². The second-order valence-corrected chi connectivity index (χ2v) is 5.93. The number of para-hydroxylation sites is 1. The highest BCUT2D eigenvalue weighted by molar-refractivity contribution is 9.13. The fraction of sp³-hybridized carbons (Fsp3) is 0.143. The van der Waals surface area contributed by atoms with Gasteiger partial charge in [-0.2, -0.15) is 0 Å². The van der Waals surface area contributed by atoms with Gasteiger partial charge in [0.05, 0.1) is 16.6 Å². The van der Waals surface area contributed by atoms with Crippen molar-refractivity contribution < 1.29 is 8.83 Å². The number of hydrogen-bond acceptors (Lipinski definition) is 5. The van der Waals surface area contributed by atoms with E-state index in [9.17, 15) is 0 Å². The fourth-order valence-electron chi connectivity index (χ4n) is 1.89. The first-order chi connectivity index (χ1) is 10.1. The summed E-state index contributed by atoms with van der Waals surface area (Å²) in [6, 6.07) is 9.69. The Bertz CT molecular complexity index is 748. The molecule has 0 unspecified atom stereocenters. The first-order valence-electron chi connectivity index (χ1n) is 6.20. The predicted octanol–water partition coefficient (Wildman–Crippen LogP) is 4.78. The third kappa shape index (κ3) is 3.19. The van der Waals surface area contributed by atoms with Crippen molar-refractivity contribution in [2.24, 2.45) is 0 Å². The first-order valence-corrected chi connectivity index (χ1v) is 7.79. The van der Waals surface area contributed by atoms with Crippen molar-refractivity contribution in [2.45, 2.75) is 13.5 Å². The van der Waals surface area contributed by atoms with Crippen molar-refractivity contribution in [1.29, 1.82) is 0 Å². The Hall–Kier alpha value is -1.60. The second kappa shape index (κ2) is 6.03. The molecule has 7 heteroatoms. The molecule has 0 amide bonds. The molecule has 0 aliphatic carbocycles. The van der Waals surface area contributed by atoms with Gasteiger partial charge in [0.15, 0.2) is 4.67 Å². The summed E-state index contributed by atoms with van der Waals surface area (Å²) in [7, 11) is 0. The molecule has 3 aromatic rings. The van der Waals surface area contributed by atoms with E-state index in [4.69, 9.17) is 8.83 Å². The Morgan fingerprint density at radius 1 is 1.14 bits per heavy atom. The zero-order chi connectivity index (χ0) is 14.8. The monoisotopic (exact) mass is 411 g/mol. The molecule has 2 aromatic heterocycles. The molecule has 1 N–H and O–H groups in total. The van der Waals surface area contributed by atoms with Crippen LogP contribution in [0, 0.1) is 6.92 Å². The minimum atomic E-state index is 0.498.